The molecular weight excluding hydrogens is 278 g/mol. The molecule has 1 amide bonds. The van der Waals surface area contributed by atoms with Crippen molar-refractivity contribution in [3.63, 3.8) is 0 Å². The van der Waals surface area contributed by atoms with E-state index in [1.165, 1.54) is 0 Å². The average molecular weight is 299 g/mol. The number of hydrogen-bond acceptors (Lipinski definition) is 2. The molecule has 2 unspecified atom stereocenters. The lowest BCUT2D eigenvalue weighted by Crippen LogP contribution is -2.45. The van der Waals surface area contributed by atoms with Crippen molar-refractivity contribution in [2.24, 2.45) is 5.92 Å². The Bertz CT molecular complexity index is 676. The van der Waals surface area contributed by atoms with Gasteiger partial charge in [-0.3, -0.25) is 4.79 Å². The molecule has 0 saturated carbocycles. The van der Waals surface area contributed by atoms with Crippen LogP contribution in [0.1, 0.15) is 25.8 Å². The second-order valence-electron chi connectivity index (χ2n) is 5.58. The number of aliphatic carboxylic acids is 1. The zero-order chi connectivity index (χ0) is 16.1. The fourth-order valence-electron chi connectivity index (χ4n) is 2.53. The van der Waals surface area contributed by atoms with Crippen LogP contribution in [-0.4, -0.2) is 23.0 Å². The smallest absolute Gasteiger partial charge is 0.326 e. The molecule has 0 spiro atoms. The Kier molecular flexibility index (Phi) is 5.15. The van der Waals surface area contributed by atoms with E-state index in [9.17, 15) is 14.7 Å². The molecule has 0 aliphatic heterocycles. The highest BCUT2D eigenvalue weighted by molar-refractivity contribution is 5.91. The zero-order valence-electron chi connectivity index (χ0n) is 12.9. The van der Waals surface area contributed by atoms with E-state index >= 15 is 0 Å². The van der Waals surface area contributed by atoms with E-state index in [1.54, 1.807) is 0 Å². The predicted octanol–water partition coefficient (Wildman–Crippen LogP) is 3.00. The van der Waals surface area contributed by atoms with Gasteiger partial charge in [0.15, 0.2) is 0 Å². The highest BCUT2D eigenvalue weighted by Gasteiger charge is 2.25. The fourth-order valence-corrected chi connectivity index (χ4v) is 2.53. The molecule has 0 aromatic heterocycles. The summed E-state index contributed by atoms with van der Waals surface area (Å²) in [6.07, 6.45) is 0.882. The Labute approximate surface area is 130 Å². The Hall–Kier alpha value is -2.36. The normalized spacial score (nSPS) is 13.5. The van der Waals surface area contributed by atoms with Gasteiger partial charge in [-0.05, 0) is 22.3 Å². The summed E-state index contributed by atoms with van der Waals surface area (Å²) in [5.74, 6) is -1.35. The number of hydrogen-bond donors (Lipinski definition) is 2. The summed E-state index contributed by atoms with van der Waals surface area (Å²) in [6, 6.07) is 12.8. The summed E-state index contributed by atoms with van der Waals surface area (Å²) in [5.41, 5.74) is 0.906. The molecule has 2 atom stereocenters. The Morgan fingerprint density at radius 2 is 1.82 bits per heavy atom. The standard InChI is InChI=1S/C18H21NO3/c1-3-12(2)17(18(21)22)19-16(20)11-14-9-6-8-13-7-4-5-10-15(13)14/h4-10,12,17H,3,11H2,1-2H3,(H,19,20)(H,21,22). The van der Waals surface area contributed by atoms with E-state index < -0.39 is 12.0 Å². The van der Waals surface area contributed by atoms with Gasteiger partial charge in [0.1, 0.15) is 6.04 Å². The summed E-state index contributed by atoms with van der Waals surface area (Å²) >= 11 is 0. The topological polar surface area (TPSA) is 66.4 Å². The van der Waals surface area contributed by atoms with Crippen LogP contribution in [0.5, 0.6) is 0 Å². The maximum atomic E-state index is 12.2. The van der Waals surface area contributed by atoms with Gasteiger partial charge in [0, 0.05) is 0 Å². The number of amides is 1. The summed E-state index contributed by atoms with van der Waals surface area (Å²) < 4.78 is 0. The van der Waals surface area contributed by atoms with Gasteiger partial charge in [-0.1, -0.05) is 62.7 Å². The molecule has 0 aliphatic carbocycles. The van der Waals surface area contributed by atoms with Crippen molar-refractivity contribution < 1.29 is 14.7 Å². The van der Waals surface area contributed by atoms with Crippen LogP contribution in [0.4, 0.5) is 0 Å². The summed E-state index contributed by atoms with van der Waals surface area (Å²) in [4.78, 5) is 23.5. The fraction of sp³-hybridized carbons (Fsp3) is 0.333. The Balaban J connectivity index is 2.15. The molecule has 22 heavy (non-hydrogen) atoms. The molecule has 2 aromatic rings. The number of carboxylic acid groups (broad SMARTS) is 1. The minimum absolute atomic E-state index is 0.103. The van der Waals surface area contributed by atoms with E-state index in [0.717, 1.165) is 16.3 Å². The Morgan fingerprint density at radius 1 is 1.14 bits per heavy atom. The molecule has 116 valence electrons. The van der Waals surface area contributed by atoms with Gasteiger partial charge in [0.25, 0.3) is 0 Å². The van der Waals surface area contributed by atoms with Crippen molar-refractivity contribution in [3.05, 3.63) is 48.0 Å². The molecule has 2 rings (SSSR count). The van der Waals surface area contributed by atoms with Crippen molar-refractivity contribution in [1.29, 1.82) is 0 Å². The van der Waals surface area contributed by atoms with Gasteiger partial charge in [0.05, 0.1) is 6.42 Å². The number of rotatable bonds is 6. The second-order valence-corrected chi connectivity index (χ2v) is 5.58. The van der Waals surface area contributed by atoms with Crippen molar-refractivity contribution in [1.82, 2.24) is 5.32 Å². The summed E-state index contributed by atoms with van der Waals surface area (Å²) in [5, 5.41) is 14.0. The molecule has 2 N–H and O–H groups in total. The molecule has 4 heteroatoms. The van der Waals surface area contributed by atoms with Crippen molar-refractivity contribution in [2.75, 3.05) is 0 Å². The summed E-state index contributed by atoms with van der Waals surface area (Å²) in [7, 11) is 0. The minimum Gasteiger partial charge on any atom is -0.480 e. The Morgan fingerprint density at radius 3 is 2.50 bits per heavy atom. The first-order valence-electron chi connectivity index (χ1n) is 7.51. The number of benzene rings is 2. The minimum atomic E-state index is -0.986. The third kappa shape index (κ3) is 3.64. The van der Waals surface area contributed by atoms with Crippen LogP contribution in [0.25, 0.3) is 10.8 Å². The molecule has 0 heterocycles. The average Bonchev–Trinajstić information content (AvgIpc) is 2.52. The third-order valence-corrected chi connectivity index (χ3v) is 4.03. The quantitative estimate of drug-likeness (QED) is 0.861. The molecule has 2 aromatic carbocycles. The lowest BCUT2D eigenvalue weighted by Gasteiger charge is -2.20. The maximum absolute atomic E-state index is 12.2. The van der Waals surface area contributed by atoms with Crippen LogP contribution in [-0.2, 0) is 16.0 Å². The molecule has 0 aliphatic rings. The van der Waals surface area contributed by atoms with Crippen LogP contribution in [0, 0.1) is 5.92 Å². The van der Waals surface area contributed by atoms with E-state index in [-0.39, 0.29) is 18.2 Å². The SMILES string of the molecule is CCC(C)C(NC(=O)Cc1cccc2ccccc12)C(=O)O. The van der Waals surface area contributed by atoms with E-state index in [4.69, 9.17) is 0 Å². The first-order valence-corrected chi connectivity index (χ1v) is 7.51. The number of carboxylic acids is 1. The number of fused-ring (bicyclic) bond motifs is 1. The van der Waals surface area contributed by atoms with Crippen LogP contribution < -0.4 is 5.32 Å². The van der Waals surface area contributed by atoms with Crippen molar-refractivity contribution in [3.8, 4) is 0 Å². The molecule has 4 nitrogen and oxygen atoms in total. The second kappa shape index (κ2) is 7.07. The monoisotopic (exact) mass is 299 g/mol. The van der Waals surface area contributed by atoms with Gasteiger partial charge in [-0.15, -0.1) is 0 Å². The predicted molar refractivity (Wildman–Crippen MR) is 86.7 cm³/mol. The summed E-state index contributed by atoms with van der Waals surface area (Å²) in [6.45, 7) is 3.74. The first-order chi connectivity index (χ1) is 10.5. The molecular formula is C18H21NO3. The van der Waals surface area contributed by atoms with E-state index in [0.29, 0.717) is 6.42 Å². The van der Waals surface area contributed by atoms with Crippen LogP contribution in [0.15, 0.2) is 42.5 Å². The van der Waals surface area contributed by atoms with Crippen molar-refractivity contribution >= 4 is 22.6 Å². The number of carbonyl (C=O) groups excluding carboxylic acids is 1. The van der Waals surface area contributed by atoms with Crippen LogP contribution in [0.2, 0.25) is 0 Å². The highest BCUT2D eigenvalue weighted by Crippen LogP contribution is 2.19. The molecule has 0 radical (unpaired) electrons. The largest absolute Gasteiger partial charge is 0.480 e. The number of carbonyl (C=O) groups is 2. The molecule has 0 saturated heterocycles. The van der Waals surface area contributed by atoms with Crippen LogP contribution in [0.3, 0.4) is 0 Å². The van der Waals surface area contributed by atoms with Gasteiger partial charge in [0.2, 0.25) is 5.91 Å². The van der Waals surface area contributed by atoms with Gasteiger partial charge in [-0.2, -0.15) is 0 Å². The van der Waals surface area contributed by atoms with Crippen molar-refractivity contribution in [2.45, 2.75) is 32.7 Å². The zero-order valence-corrected chi connectivity index (χ0v) is 12.9. The lowest BCUT2D eigenvalue weighted by molar-refractivity contribution is -0.143. The van der Waals surface area contributed by atoms with Gasteiger partial charge in [-0.25, -0.2) is 4.79 Å². The molecule has 0 bridgehead atoms. The van der Waals surface area contributed by atoms with Crippen LogP contribution >= 0.6 is 0 Å². The van der Waals surface area contributed by atoms with E-state index in [2.05, 4.69) is 5.32 Å². The maximum Gasteiger partial charge on any atom is 0.326 e. The molecule has 0 fully saturated rings. The lowest BCUT2D eigenvalue weighted by atomic mass is 9.98. The first kappa shape index (κ1) is 16.0. The van der Waals surface area contributed by atoms with E-state index in [1.807, 2.05) is 56.3 Å². The number of nitrogens with one attached hydrogen (secondary N) is 1. The van der Waals surface area contributed by atoms with Gasteiger partial charge < -0.3 is 10.4 Å². The third-order valence-electron chi connectivity index (χ3n) is 4.03. The van der Waals surface area contributed by atoms with Gasteiger partial charge >= 0.3 is 5.97 Å². The highest BCUT2D eigenvalue weighted by atomic mass is 16.4.